The van der Waals surface area contributed by atoms with Gasteiger partial charge in [-0.1, -0.05) is 12.1 Å². The predicted molar refractivity (Wildman–Crippen MR) is 98.0 cm³/mol. The molecule has 1 atom stereocenters. The molecule has 3 rings (SSSR count). The summed E-state index contributed by atoms with van der Waals surface area (Å²) >= 11 is 1.37. The Bertz CT molecular complexity index is 884. The summed E-state index contributed by atoms with van der Waals surface area (Å²) in [4.78, 5) is 25.2. The minimum Gasteiger partial charge on any atom is -0.464 e. The van der Waals surface area contributed by atoms with Crippen molar-refractivity contribution >= 4 is 28.8 Å². The molecule has 0 radical (unpaired) electrons. The standard InChI is InChI=1S/C19H18N2O3S/c1-12-8-9-16(24-12)13(2)20-18(22)14-5-3-6-15(11-14)21-19(23)17-7-4-10-25-17/h3-11,13H,1-2H3,(H,20,22)(H,21,23). The van der Waals surface area contributed by atoms with E-state index in [1.54, 1.807) is 30.3 Å². The summed E-state index contributed by atoms with van der Waals surface area (Å²) in [7, 11) is 0. The zero-order chi connectivity index (χ0) is 17.8. The van der Waals surface area contributed by atoms with Crippen molar-refractivity contribution in [2.45, 2.75) is 19.9 Å². The van der Waals surface area contributed by atoms with E-state index in [0.717, 1.165) is 5.76 Å². The van der Waals surface area contributed by atoms with Gasteiger partial charge in [0.25, 0.3) is 11.8 Å². The number of aryl methyl sites for hydroxylation is 1. The Hall–Kier alpha value is -2.86. The Morgan fingerprint density at radius 3 is 2.60 bits per heavy atom. The normalized spacial score (nSPS) is 11.8. The number of nitrogens with one attached hydrogen (secondary N) is 2. The van der Waals surface area contributed by atoms with Crippen molar-refractivity contribution in [3.8, 4) is 0 Å². The molecule has 0 bridgehead atoms. The molecule has 6 heteroatoms. The zero-order valence-corrected chi connectivity index (χ0v) is 14.7. The maximum Gasteiger partial charge on any atom is 0.265 e. The molecular formula is C19H18N2O3S. The van der Waals surface area contributed by atoms with Crippen LogP contribution in [0.25, 0.3) is 0 Å². The molecular weight excluding hydrogens is 336 g/mol. The second-order valence-corrected chi connectivity index (χ2v) is 6.60. The lowest BCUT2D eigenvalue weighted by atomic mass is 10.1. The highest BCUT2D eigenvalue weighted by atomic mass is 32.1. The lowest BCUT2D eigenvalue weighted by Gasteiger charge is -2.12. The first kappa shape index (κ1) is 17.0. The van der Waals surface area contributed by atoms with Crippen molar-refractivity contribution in [1.82, 2.24) is 5.32 Å². The Morgan fingerprint density at radius 1 is 1.08 bits per heavy atom. The van der Waals surface area contributed by atoms with E-state index in [-0.39, 0.29) is 17.9 Å². The van der Waals surface area contributed by atoms with Crippen molar-refractivity contribution in [2.75, 3.05) is 5.32 Å². The first-order valence-electron chi connectivity index (χ1n) is 7.85. The van der Waals surface area contributed by atoms with Crippen molar-refractivity contribution in [3.05, 3.63) is 75.9 Å². The molecule has 25 heavy (non-hydrogen) atoms. The summed E-state index contributed by atoms with van der Waals surface area (Å²) in [5.41, 5.74) is 1.05. The molecule has 0 fully saturated rings. The summed E-state index contributed by atoms with van der Waals surface area (Å²) < 4.78 is 5.53. The van der Waals surface area contributed by atoms with Crippen molar-refractivity contribution < 1.29 is 14.0 Å². The van der Waals surface area contributed by atoms with Crippen LogP contribution in [0.2, 0.25) is 0 Å². The molecule has 2 heterocycles. The van der Waals surface area contributed by atoms with Crippen LogP contribution in [0.1, 0.15) is 44.5 Å². The van der Waals surface area contributed by atoms with Gasteiger partial charge in [0.15, 0.2) is 0 Å². The number of benzene rings is 1. The molecule has 0 saturated carbocycles. The fourth-order valence-electron chi connectivity index (χ4n) is 2.38. The van der Waals surface area contributed by atoms with Gasteiger partial charge in [0.2, 0.25) is 0 Å². The number of carbonyl (C=O) groups excluding carboxylic acids is 2. The number of furan rings is 1. The van der Waals surface area contributed by atoms with Gasteiger partial charge in [-0.15, -0.1) is 11.3 Å². The molecule has 3 aromatic rings. The van der Waals surface area contributed by atoms with Crippen LogP contribution >= 0.6 is 11.3 Å². The number of hydrogen-bond donors (Lipinski definition) is 2. The highest BCUT2D eigenvalue weighted by Crippen LogP contribution is 2.18. The number of anilines is 1. The van der Waals surface area contributed by atoms with E-state index in [1.807, 2.05) is 37.4 Å². The minimum absolute atomic E-state index is 0.188. The number of hydrogen-bond acceptors (Lipinski definition) is 4. The van der Waals surface area contributed by atoms with Gasteiger partial charge in [-0.05, 0) is 55.6 Å². The van der Waals surface area contributed by atoms with E-state index in [1.165, 1.54) is 11.3 Å². The van der Waals surface area contributed by atoms with E-state index in [0.29, 0.717) is 21.9 Å². The SMILES string of the molecule is Cc1ccc(C(C)NC(=O)c2cccc(NC(=O)c3cccs3)c2)o1. The average Bonchev–Trinajstić information content (AvgIpc) is 3.26. The molecule has 1 aromatic carbocycles. The number of rotatable bonds is 5. The molecule has 0 aliphatic carbocycles. The van der Waals surface area contributed by atoms with Crippen molar-refractivity contribution in [1.29, 1.82) is 0 Å². The minimum atomic E-state index is -0.245. The van der Waals surface area contributed by atoms with Crippen molar-refractivity contribution in [2.24, 2.45) is 0 Å². The van der Waals surface area contributed by atoms with Crippen LogP contribution in [-0.4, -0.2) is 11.8 Å². The third-order valence-corrected chi connectivity index (χ3v) is 4.53. The van der Waals surface area contributed by atoms with Crippen LogP contribution in [0.4, 0.5) is 5.69 Å². The first-order valence-corrected chi connectivity index (χ1v) is 8.73. The molecule has 0 aliphatic rings. The molecule has 5 nitrogen and oxygen atoms in total. The lowest BCUT2D eigenvalue weighted by molar-refractivity contribution is 0.0934. The highest BCUT2D eigenvalue weighted by molar-refractivity contribution is 7.12. The van der Waals surface area contributed by atoms with Gasteiger partial charge in [-0.25, -0.2) is 0 Å². The molecule has 2 aromatic heterocycles. The molecule has 1 unspecified atom stereocenters. The van der Waals surface area contributed by atoms with Gasteiger partial charge in [0, 0.05) is 11.3 Å². The van der Waals surface area contributed by atoms with Gasteiger partial charge in [0.05, 0.1) is 10.9 Å². The monoisotopic (exact) mass is 354 g/mol. The summed E-state index contributed by atoms with van der Waals surface area (Å²) in [6.07, 6.45) is 0. The number of carbonyl (C=O) groups is 2. The summed E-state index contributed by atoms with van der Waals surface area (Å²) in [5, 5.41) is 7.54. The summed E-state index contributed by atoms with van der Waals surface area (Å²) in [6, 6.07) is 13.9. The molecule has 2 N–H and O–H groups in total. The number of amides is 2. The van der Waals surface area contributed by atoms with E-state index in [2.05, 4.69) is 10.6 Å². The van der Waals surface area contributed by atoms with E-state index in [4.69, 9.17) is 4.42 Å². The second kappa shape index (κ2) is 7.36. The number of thiophene rings is 1. The topological polar surface area (TPSA) is 71.3 Å². The third kappa shape index (κ3) is 4.16. The quantitative estimate of drug-likeness (QED) is 0.714. The van der Waals surface area contributed by atoms with Gasteiger partial charge >= 0.3 is 0 Å². The Morgan fingerprint density at radius 2 is 1.92 bits per heavy atom. The molecule has 0 saturated heterocycles. The van der Waals surface area contributed by atoms with Gasteiger partial charge < -0.3 is 15.1 Å². The fourth-order valence-corrected chi connectivity index (χ4v) is 2.99. The average molecular weight is 354 g/mol. The van der Waals surface area contributed by atoms with Gasteiger partial charge in [-0.3, -0.25) is 9.59 Å². The van der Waals surface area contributed by atoms with E-state index in [9.17, 15) is 9.59 Å². The molecule has 0 spiro atoms. The lowest BCUT2D eigenvalue weighted by Crippen LogP contribution is -2.26. The largest absolute Gasteiger partial charge is 0.464 e. The van der Waals surface area contributed by atoms with Crippen LogP contribution < -0.4 is 10.6 Å². The van der Waals surface area contributed by atoms with E-state index >= 15 is 0 Å². The van der Waals surface area contributed by atoms with Crippen LogP contribution in [0.15, 0.2) is 58.3 Å². The Kier molecular flexibility index (Phi) is 5.00. The van der Waals surface area contributed by atoms with Gasteiger partial charge in [-0.2, -0.15) is 0 Å². The maximum atomic E-state index is 12.4. The maximum absolute atomic E-state index is 12.4. The molecule has 0 aliphatic heterocycles. The molecule has 128 valence electrons. The fraction of sp³-hybridized carbons (Fsp3) is 0.158. The smallest absolute Gasteiger partial charge is 0.265 e. The van der Waals surface area contributed by atoms with Crippen LogP contribution in [0.5, 0.6) is 0 Å². The Balaban J connectivity index is 1.68. The first-order chi connectivity index (χ1) is 12.0. The summed E-state index contributed by atoms with van der Waals surface area (Å²) in [6.45, 7) is 3.72. The second-order valence-electron chi connectivity index (χ2n) is 5.66. The van der Waals surface area contributed by atoms with E-state index < -0.39 is 0 Å². The highest BCUT2D eigenvalue weighted by Gasteiger charge is 2.15. The third-order valence-electron chi connectivity index (χ3n) is 3.66. The van der Waals surface area contributed by atoms with Crippen molar-refractivity contribution in [3.63, 3.8) is 0 Å². The van der Waals surface area contributed by atoms with Crippen LogP contribution in [0, 0.1) is 6.92 Å². The van der Waals surface area contributed by atoms with Gasteiger partial charge in [0.1, 0.15) is 11.5 Å². The zero-order valence-electron chi connectivity index (χ0n) is 13.9. The summed E-state index contributed by atoms with van der Waals surface area (Å²) in [5.74, 6) is 1.09. The predicted octanol–water partition coefficient (Wildman–Crippen LogP) is 4.39. The Labute approximate surface area is 149 Å². The van der Waals surface area contributed by atoms with Crippen LogP contribution in [0.3, 0.4) is 0 Å². The van der Waals surface area contributed by atoms with Crippen LogP contribution in [-0.2, 0) is 0 Å². The molecule has 2 amide bonds.